The maximum Gasteiger partial charge on any atom is 0.272 e. The molecule has 168 valence electrons. The molecule has 0 spiro atoms. The van der Waals surface area contributed by atoms with E-state index in [1.807, 2.05) is 19.1 Å². The van der Waals surface area contributed by atoms with E-state index in [2.05, 4.69) is 16.5 Å². The van der Waals surface area contributed by atoms with Crippen molar-refractivity contribution >= 4 is 29.1 Å². The largest absolute Gasteiger partial charge is 0.392 e. The van der Waals surface area contributed by atoms with Gasteiger partial charge < -0.3 is 15.3 Å². The highest BCUT2D eigenvalue weighted by Gasteiger charge is 2.32. The Hall–Kier alpha value is -3.67. The highest BCUT2D eigenvalue weighted by atomic mass is 35.5. The quantitative estimate of drug-likeness (QED) is 0.598. The second-order valence-electron chi connectivity index (χ2n) is 8.03. The molecule has 33 heavy (non-hydrogen) atoms. The fourth-order valence-electron chi connectivity index (χ4n) is 4.07. The van der Waals surface area contributed by atoms with Gasteiger partial charge in [0.2, 0.25) is 5.91 Å². The van der Waals surface area contributed by atoms with E-state index in [-0.39, 0.29) is 24.5 Å². The van der Waals surface area contributed by atoms with Crippen LogP contribution in [0, 0.1) is 11.3 Å². The van der Waals surface area contributed by atoms with Gasteiger partial charge in [-0.2, -0.15) is 10.4 Å². The fourth-order valence-corrected chi connectivity index (χ4v) is 4.31. The Morgan fingerprint density at radius 1 is 1.30 bits per heavy atom. The number of aliphatic hydroxyl groups is 1. The first kappa shape index (κ1) is 22.5. The standard InChI is InChI=1S/C24H22ClN5O3/c1-14-11-29(12-17-5-3-16(10-26)4-6-17)24(33)22-9-21(28-30(14)22)23-18(13-31)7-19(25)8-20(23)27-15(2)32/h3-9,14,31H,11-13H2,1-2H3,(H,27,32)/t14-/m0/s1. The van der Waals surface area contributed by atoms with Gasteiger partial charge in [0.05, 0.1) is 35.7 Å². The van der Waals surface area contributed by atoms with Crippen LogP contribution in [0.2, 0.25) is 5.02 Å². The summed E-state index contributed by atoms with van der Waals surface area (Å²) in [4.78, 5) is 26.8. The zero-order valence-corrected chi connectivity index (χ0v) is 18.9. The number of nitriles is 1. The molecule has 3 aromatic rings. The molecule has 8 nitrogen and oxygen atoms in total. The minimum absolute atomic E-state index is 0.0843. The van der Waals surface area contributed by atoms with Crippen molar-refractivity contribution < 1.29 is 14.7 Å². The van der Waals surface area contributed by atoms with Crippen LogP contribution in [0.4, 0.5) is 5.69 Å². The van der Waals surface area contributed by atoms with Crippen molar-refractivity contribution in [1.29, 1.82) is 5.26 Å². The van der Waals surface area contributed by atoms with E-state index in [9.17, 15) is 14.7 Å². The maximum atomic E-state index is 13.3. The molecule has 1 atom stereocenters. The first-order valence-corrected chi connectivity index (χ1v) is 10.8. The van der Waals surface area contributed by atoms with E-state index < -0.39 is 0 Å². The van der Waals surface area contributed by atoms with Crippen molar-refractivity contribution in [2.24, 2.45) is 0 Å². The third-order valence-corrected chi connectivity index (χ3v) is 5.74. The molecule has 9 heteroatoms. The number of fused-ring (bicyclic) bond motifs is 1. The van der Waals surface area contributed by atoms with Crippen molar-refractivity contribution in [2.45, 2.75) is 33.0 Å². The van der Waals surface area contributed by atoms with Crippen molar-refractivity contribution in [1.82, 2.24) is 14.7 Å². The molecule has 1 aliphatic heterocycles. The minimum Gasteiger partial charge on any atom is -0.392 e. The lowest BCUT2D eigenvalue weighted by atomic mass is 10.0. The van der Waals surface area contributed by atoms with Gasteiger partial charge in [0.1, 0.15) is 5.69 Å². The Balaban J connectivity index is 1.71. The average molecular weight is 464 g/mol. The van der Waals surface area contributed by atoms with Crippen LogP contribution < -0.4 is 5.32 Å². The third kappa shape index (κ3) is 4.46. The number of rotatable bonds is 5. The lowest BCUT2D eigenvalue weighted by molar-refractivity contribution is -0.114. The van der Waals surface area contributed by atoms with E-state index in [1.54, 1.807) is 39.9 Å². The summed E-state index contributed by atoms with van der Waals surface area (Å²) >= 11 is 6.17. The van der Waals surface area contributed by atoms with Gasteiger partial charge in [-0.25, -0.2) is 0 Å². The molecule has 2 amide bonds. The zero-order chi connectivity index (χ0) is 23.7. The highest BCUT2D eigenvalue weighted by Crippen LogP contribution is 2.36. The van der Waals surface area contributed by atoms with Gasteiger partial charge in [-0.3, -0.25) is 14.3 Å². The van der Waals surface area contributed by atoms with Crippen molar-refractivity contribution in [3.05, 3.63) is 69.9 Å². The lowest BCUT2D eigenvalue weighted by Gasteiger charge is -2.31. The third-order valence-electron chi connectivity index (χ3n) is 5.52. The first-order chi connectivity index (χ1) is 15.8. The van der Waals surface area contributed by atoms with E-state index in [0.717, 1.165) is 5.56 Å². The smallest absolute Gasteiger partial charge is 0.272 e. The monoisotopic (exact) mass is 463 g/mol. The number of anilines is 1. The predicted octanol–water partition coefficient (Wildman–Crippen LogP) is 3.74. The molecule has 2 aromatic carbocycles. The van der Waals surface area contributed by atoms with Crippen LogP contribution in [-0.2, 0) is 17.9 Å². The molecule has 1 aromatic heterocycles. The van der Waals surface area contributed by atoms with Gasteiger partial charge in [0, 0.05) is 30.6 Å². The second kappa shape index (κ2) is 9.06. The summed E-state index contributed by atoms with van der Waals surface area (Å²) in [5, 5.41) is 26.7. The molecule has 0 radical (unpaired) electrons. The SMILES string of the molecule is CC(=O)Nc1cc(Cl)cc(CO)c1-c1cc2n(n1)[C@@H](C)CN(Cc1ccc(C#N)cc1)C2=O. The normalized spacial score (nSPS) is 15.2. The molecule has 0 fully saturated rings. The lowest BCUT2D eigenvalue weighted by Crippen LogP contribution is -2.41. The molecule has 0 aliphatic carbocycles. The molecule has 1 aliphatic rings. The van der Waals surface area contributed by atoms with Gasteiger partial charge in [-0.05, 0) is 48.4 Å². The summed E-state index contributed by atoms with van der Waals surface area (Å²) < 4.78 is 1.68. The molecule has 2 heterocycles. The number of nitrogens with zero attached hydrogens (tertiary/aromatic N) is 4. The Bertz CT molecular complexity index is 1280. The zero-order valence-electron chi connectivity index (χ0n) is 18.2. The molecular formula is C24H22ClN5O3. The molecule has 0 unspecified atom stereocenters. The van der Waals surface area contributed by atoms with Crippen LogP contribution in [0.5, 0.6) is 0 Å². The summed E-state index contributed by atoms with van der Waals surface area (Å²) in [6.45, 7) is 3.93. The number of hydrogen-bond acceptors (Lipinski definition) is 5. The van der Waals surface area contributed by atoms with Crippen molar-refractivity contribution in [3.63, 3.8) is 0 Å². The molecule has 4 rings (SSSR count). The number of aromatic nitrogens is 2. The number of halogens is 1. The average Bonchev–Trinajstić information content (AvgIpc) is 3.22. The van der Waals surface area contributed by atoms with E-state index in [1.165, 1.54) is 6.92 Å². The Labute approximate surface area is 196 Å². The maximum absolute atomic E-state index is 13.3. The van der Waals surface area contributed by atoms with Gasteiger partial charge in [0.15, 0.2) is 0 Å². The van der Waals surface area contributed by atoms with Crippen LogP contribution in [0.3, 0.4) is 0 Å². The number of hydrogen-bond donors (Lipinski definition) is 2. The molecule has 0 saturated carbocycles. The van der Waals surface area contributed by atoms with Crippen molar-refractivity contribution in [3.8, 4) is 17.3 Å². The molecule has 2 N–H and O–H groups in total. The molecule has 0 bridgehead atoms. The van der Waals surface area contributed by atoms with Crippen LogP contribution in [0.1, 0.15) is 47.1 Å². The van der Waals surface area contributed by atoms with Gasteiger partial charge in [-0.15, -0.1) is 0 Å². The van der Waals surface area contributed by atoms with E-state index in [0.29, 0.717) is 51.9 Å². The summed E-state index contributed by atoms with van der Waals surface area (Å²) in [5.41, 5.74) is 3.83. The van der Waals surface area contributed by atoms with E-state index >= 15 is 0 Å². The Kier molecular flexibility index (Phi) is 6.18. The predicted molar refractivity (Wildman–Crippen MR) is 124 cm³/mol. The highest BCUT2D eigenvalue weighted by molar-refractivity contribution is 6.31. The number of nitrogens with one attached hydrogen (secondary N) is 1. The summed E-state index contributed by atoms with van der Waals surface area (Å²) in [6, 6.07) is 14.0. The van der Waals surface area contributed by atoms with Crippen LogP contribution in [-0.4, -0.2) is 38.1 Å². The number of carbonyl (C=O) groups excluding carboxylic acids is 2. The minimum atomic E-state index is -0.307. The summed E-state index contributed by atoms with van der Waals surface area (Å²) in [5.74, 6) is -0.457. The number of carbonyl (C=O) groups is 2. The summed E-state index contributed by atoms with van der Waals surface area (Å²) in [6.07, 6.45) is 0. The van der Waals surface area contributed by atoms with Crippen LogP contribution >= 0.6 is 11.6 Å². The van der Waals surface area contributed by atoms with Crippen LogP contribution in [0.25, 0.3) is 11.3 Å². The Morgan fingerprint density at radius 2 is 2.03 bits per heavy atom. The van der Waals surface area contributed by atoms with Gasteiger partial charge >= 0.3 is 0 Å². The van der Waals surface area contributed by atoms with Crippen molar-refractivity contribution in [2.75, 3.05) is 11.9 Å². The van der Waals surface area contributed by atoms with Gasteiger partial charge in [-0.1, -0.05) is 23.7 Å². The van der Waals surface area contributed by atoms with Crippen LogP contribution in [0.15, 0.2) is 42.5 Å². The number of benzene rings is 2. The van der Waals surface area contributed by atoms with E-state index in [4.69, 9.17) is 16.9 Å². The fraction of sp³-hybridized carbons (Fsp3) is 0.250. The Morgan fingerprint density at radius 3 is 2.67 bits per heavy atom. The number of amides is 2. The summed E-state index contributed by atoms with van der Waals surface area (Å²) in [7, 11) is 0. The molecular weight excluding hydrogens is 442 g/mol. The first-order valence-electron chi connectivity index (χ1n) is 10.4. The van der Waals surface area contributed by atoms with Gasteiger partial charge in [0.25, 0.3) is 5.91 Å². The number of aliphatic hydroxyl groups excluding tert-OH is 1. The molecule has 0 saturated heterocycles. The second-order valence-corrected chi connectivity index (χ2v) is 8.47. The topological polar surface area (TPSA) is 111 Å².